The Balaban J connectivity index is 1.27. The summed E-state index contributed by atoms with van der Waals surface area (Å²) in [5, 5.41) is 1.45. The van der Waals surface area contributed by atoms with E-state index in [9.17, 15) is 0 Å². The van der Waals surface area contributed by atoms with Crippen molar-refractivity contribution >= 4 is 16.6 Å². The predicted molar refractivity (Wildman–Crippen MR) is 126 cm³/mol. The third-order valence-corrected chi connectivity index (χ3v) is 7.13. The quantitative estimate of drug-likeness (QED) is 0.708. The van der Waals surface area contributed by atoms with Gasteiger partial charge in [0.2, 0.25) is 0 Å². The first-order valence-electron chi connectivity index (χ1n) is 11.4. The van der Waals surface area contributed by atoms with E-state index in [4.69, 9.17) is 0 Å². The largest absolute Gasteiger partial charge is 0.369 e. The smallest absolute Gasteiger partial charge is 0.0459 e. The Hall–Kier alpha value is -2.30. The van der Waals surface area contributed by atoms with Gasteiger partial charge in [-0.15, -0.1) is 0 Å². The van der Waals surface area contributed by atoms with E-state index < -0.39 is 0 Å². The third-order valence-electron chi connectivity index (χ3n) is 7.13. The van der Waals surface area contributed by atoms with Gasteiger partial charge < -0.3 is 14.8 Å². The molecule has 2 heterocycles. The molecule has 5 rings (SSSR count). The fourth-order valence-electron chi connectivity index (χ4n) is 5.16. The second kappa shape index (κ2) is 8.09. The molecule has 1 fully saturated rings. The van der Waals surface area contributed by atoms with E-state index in [2.05, 4.69) is 83.2 Å². The van der Waals surface area contributed by atoms with Crippen molar-refractivity contribution in [2.75, 3.05) is 45.2 Å². The van der Waals surface area contributed by atoms with Crippen LogP contribution in [0.15, 0.2) is 42.5 Å². The van der Waals surface area contributed by atoms with Crippen LogP contribution in [0.5, 0.6) is 0 Å². The number of fused-ring (bicyclic) bond motifs is 3. The highest BCUT2D eigenvalue weighted by Gasteiger charge is 2.24. The van der Waals surface area contributed by atoms with Crippen LogP contribution in [0.25, 0.3) is 10.9 Å². The lowest BCUT2D eigenvalue weighted by Gasteiger charge is -2.36. The van der Waals surface area contributed by atoms with Crippen LogP contribution in [0.3, 0.4) is 0 Å². The summed E-state index contributed by atoms with van der Waals surface area (Å²) in [6.07, 6.45) is 3.59. The van der Waals surface area contributed by atoms with Gasteiger partial charge in [-0.3, -0.25) is 4.90 Å². The molecule has 0 saturated carbocycles. The van der Waals surface area contributed by atoms with Gasteiger partial charge in [0.25, 0.3) is 0 Å². The molecule has 1 atom stereocenters. The van der Waals surface area contributed by atoms with Crippen molar-refractivity contribution in [2.45, 2.75) is 38.8 Å². The van der Waals surface area contributed by atoms with Crippen LogP contribution in [0.2, 0.25) is 0 Å². The van der Waals surface area contributed by atoms with Crippen molar-refractivity contribution in [2.24, 2.45) is 0 Å². The van der Waals surface area contributed by atoms with Crippen molar-refractivity contribution in [3.63, 3.8) is 0 Å². The monoisotopic (exact) mass is 402 g/mol. The zero-order valence-electron chi connectivity index (χ0n) is 18.6. The van der Waals surface area contributed by atoms with E-state index in [0.29, 0.717) is 6.04 Å². The SMILES string of the molecule is Cc1ccc(N2CCN(Cc3ccc4[nH]c5c(c4c3)CC(N(C)C)CC5)CC2)cc1. The van der Waals surface area contributed by atoms with E-state index in [1.54, 1.807) is 5.56 Å². The maximum absolute atomic E-state index is 3.70. The van der Waals surface area contributed by atoms with Crippen molar-refractivity contribution in [3.8, 4) is 0 Å². The molecular weight excluding hydrogens is 368 g/mol. The Morgan fingerprint density at radius 2 is 1.77 bits per heavy atom. The summed E-state index contributed by atoms with van der Waals surface area (Å²) in [6, 6.07) is 16.7. The molecular formula is C26H34N4. The number of likely N-dealkylation sites (N-methyl/N-ethyl adjacent to an activating group) is 1. The Morgan fingerprint density at radius 3 is 2.50 bits per heavy atom. The van der Waals surface area contributed by atoms with Crippen molar-refractivity contribution in [3.05, 3.63) is 64.8 Å². The van der Waals surface area contributed by atoms with Gasteiger partial charge in [-0.05, 0) is 75.7 Å². The number of nitrogens with one attached hydrogen (secondary N) is 1. The predicted octanol–water partition coefficient (Wildman–Crippen LogP) is 4.22. The molecule has 4 heteroatoms. The normalized spacial score (nSPS) is 20.1. The number of hydrogen-bond acceptors (Lipinski definition) is 3. The average Bonchev–Trinajstić information content (AvgIpc) is 3.12. The summed E-state index contributed by atoms with van der Waals surface area (Å²) in [6.45, 7) is 7.67. The number of aromatic amines is 1. The molecule has 0 amide bonds. The lowest BCUT2D eigenvalue weighted by atomic mass is 9.90. The summed E-state index contributed by atoms with van der Waals surface area (Å²) < 4.78 is 0. The molecule has 30 heavy (non-hydrogen) atoms. The van der Waals surface area contributed by atoms with Crippen LogP contribution >= 0.6 is 0 Å². The molecule has 3 aromatic rings. The number of piperazine rings is 1. The minimum Gasteiger partial charge on any atom is -0.369 e. The van der Waals surface area contributed by atoms with Gasteiger partial charge in [-0.25, -0.2) is 0 Å². The topological polar surface area (TPSA) is 25.5 Å². The van der Waals surface area contributed by atoms with Gasteiger partial charge in [0.15, 0.2) is 0 Å². The molecule has 1 N–H and O–H groups in total. The van der Waals surface area contributed by atoms with E-state index in [1.807, 2.05) is 0 Å². The van der Waals surface area contributed by atoms with E-state index in [-0.39, 0.29) is 0 Å². The summed E-state index contributed by atoms with van der Waals surface area (Å²) in [5.41, 5.74) is 8.47. The molecule has 2 aromatic carbocycles. The Kier molecular flexibility index (Phi) is 5.30. The molecule has 0 bridgehead atoms. The second-order valence-electron chi connectivity index (χ2n) is 9.42. The lowest BCUT2D eigenvalue weighted by Crippen LogP contribution is -2.45. The van der Waals surface area contributed by atoms with Gasteiger partial charge in [-0.1, -0.05) is 23.8 Å². The highest BCUT2D eigenvalue weighted by Crippen LogP contribution is 2.31. The summed E-state index contributed by atoms with van der Waals surface area (Å²) in [7, 11) is 4.43. The minimum absolute atomic E-state index is 0.662. The zero-order valence-corrected chi connectivity index (χ0v) is 18.6. The highest BCUT2D eigenvalue weighted by molar-refractivity contribution is 5.85. The van der Waals surface area contributed by atoms with Crippen LogP contribution in [-0.2, 0) is 19.4 Å². The molecule has 1 aromatic heterocycles. The zero-order chi connectivity index (χ0) is 20.7. The van der Waals surface area contributed by atoms with Gasteiger partial charge in [0, 0.05) is 61.0 Å². The standard InChI is InChI=1S/C26H34N4/c1-19-4-7-21(8-5-19)30-14-12-29(13-15-30)18-20-6-10-25-23(16-20)24-17-22(28(2)3)9-11-26(24)27-25/h4-8,10,16,22,27H,9,11-15,17-18H2,1-3H3. The fourth-order valence-corrected chi connectivity index (χ4v) is 5.16. The molecule has 1 saturated heterocycles. The average molecular weight is 403 g/mol. The van der Waals surface area contributed by atoms with Gasteiger partial charge in [0.1, 0.15) is 0 Å². The van der Waals surface area contributed by atoms with Crippen LogP contribution in [0.4, 0.5) is 5.69 Å². The van der Waals surface area contributed by atoms with Crippen LogP contribution < -0.4 is 4.90 Å². The van der Waals surface area contributed by atoms with E-state index in [1.165, 1.54) is 52.7 Å². The van der Waals surface area contributed by atoms with Gasteiger partial charge >= 0.3 is 0 Å². The number of anilines is 1. The molecule has 4 nitrogen and oxygen atoms in total. The molecule has 2 aliphatic rings. The highest BCUT2D eigenvalue weighted by atomic mass is 15.3. The molecule has 158 valence electrons. The first kappa shape index (κ1) is 19.7. The first-order valence-corrected chi connectivity index (χ1v) is 11.4. The maximum atomic E-state index is 3.70. The number of aromatic nitrogens is 1. The van der Waals surface area contributed by atoms with Crippen LogP contribution in [-0.4, -0.2) is 61.1 Å². The minimum atomic E-state index is 0.662. The number of H-pyrrole nitrogens is 1. The molecule has 0 radical (unpaired) electrons. The number of nitrogens with zero attached hydrogens (tertiary/aromatic N) is 3. The van der Waals surface area contributed by atoms with Gasteiger partial charge in [0.05, 0.1) is 0 Å². The Morgan fingerprint density at radius 1 is 1.00 bits per heavy atom. The number of rotatable bonds is 4. The second-order valence-corrected chi connectivity index (χ2v) is 9.42. The van der Waals surface area contributed by atoms with Crippen molar-refractivity contribution in [1.29, 1.82) is 0 Å². The Bertz CT molecular complexity index is 1010. The summed E-state index contributed by atoms with van der Waals surface area (Å²) in [4.78, 5) is 11.2. The molecule has 0 spiro atoms. The molecule has 1 aliphatic carbocycles. The van der Waals surface area contributed by atoms with Crippen molar-refractivity contribution < 1.29 is 0 Å². The van der Waals surface area contributed by atoms with E-state index in [0.717, 1.165) is 32.7 Å². The third kappa shape index (κ3) is 3.86. The molecule has 1 aliphatic heterocycles. The van der Waals surface area contributed by atoms with Crippen LogP contribution in [0.1, 0.15) is 28.8 Å². The summed E-state index contributed by atoms with van der Waals surface area (Å²) >= 11 is 0. The molecule has 1 unspecified atom stereocenters. The first-order chi connectivity index (χ1) is 14.6. The maximum Gasteiger partial charge on any atom is 0.0459 e. The van der Waals surface area contributed by atoms with Gasteiger partial charge in [-0.2, -0.15) is 0 Å². The summed E-state index contributed by atoms with van der Waals surface area (Å²) in [5.74, 6) is 0. The number of hydrogen-bond donors (Lipinski definition) is 1. The number of benzene rings is 2. The van der Waals surface area contributed by atoms with E-state index >= 15 is 0 Å². The van der Waals surface area contributed by atoms with Crippen LogP contribution in [0, 0.1) is 6.92 Å². The Labute approximate surface area is 180 Å². The lowest BCUT2D eigenvalue weighted by molar-refractivity contribution is 0.250. The van der Waals surface area contributed by atoms with Crippen molar-refractivity contribution in [1.82, 2.24) is 14.8 Å². The number of aryl methyl sites for hydroxylation is 2. The fraction of sp³-hybridized carbons (Fsp3) is 0.462.